The molecule has 2 rings (SSSR count). The maximum atomic E-state index is 5.80. The van der Waals surface area contributed by atoms with E-state index in [0.717, 1.165) is 18.8 Å². The van der Waals surface area contributed by atoms with Crippen LogP contribution in [0.25, 0.3) is 0 Å². The van der Waals surface area contributed by atoms with Gasteiger partial charge in [0.25, 0.3) is 0 Å². The molecule has 1 aromatic rings. The van der Waals surface area contributed by atoms with Gasteiger partial charge in [-0.3, -0.25) is 0 Å². The first-order valence-corrected chi connectivity index (χ1v) is 7.37. The van der Waals surface area contributed by atoms with Crippen LogP contribution in [0, 0.1) is 0 Å². The molecule has 1 aromatic carbocycles. The van der Waals surface area contributed by atoms with Gasteiger partial charge in [0.1, 0.15) is 18.5 Å². The van der Waals surface area contributed by atoms with E-state index in [2.05, 4.69) is 31.2 Å². The molecular weight excluding hydrogens is 236 g/mol. The Hall–Kier alpha value is -1.28. The number of benzene rings is 1. The topological polar surface area (TPSA) is 21.8 Å². The van der Waals surface area contributed by atoms with E-state index in [1.165, 1.54) is 31.2 Å². The van der Waals surface area contributed by atoms with Gasteiger partial charge in [0.05, 0.1) is 6.61 Å². The Kier molecular flexibility index (Phi) is 5.96. The van der Waals surface area contributed by atoms with Crippen LogP contribution < -0.4 is 4.74 Å². The SMILES string of the molecule is CCCCC/C=C/Cc1ccccc1OCC1CO1. The fraction of sp³-hybridized carbons (Fsp3) is 0.529. The molecule has 1 atom stereocenters. The van der Waals surface area contributed by atoms with Crippen molar-refractivity contribution in [2.75, 3.05) is 13.2 Å². The average Bonchev–Trinajstić information content (AvgIpc) is 3.25. The van der Waals surface area contributed by atoms with Gasteiger partial charge in [-0.1, -0.05) is 50.1 Å². The summed E-state index contributed by atoms with van der Waals surface area (Å²) in [5.41, 5.74) is 1.26. The summed E-state index contributed by atoms with van der Waals surface area (Å²) in [4.78, 5) is 0. The Morgan fingerprint density at radius 3 is 2.89 bits per heavy atom. The molecule has 104 valence electrons. The van der Waals surface area contributed by atoms with Gasteiger partial charge in [-0.2, -0.15) is 0 Å². The number of ether oxygens (including phenoxy) is 2. The van der Waals surface area contributed by atoms with Crippen LogP contribution >= 0.6 is 0 Å². The van der Waals surface area contributed by atoms with E-state index in [0.29, 0.717) is 12.7 Å². The van der Waals surface area contributed by atoms with Crippen molar-refractivity contribution in [2.45, 2.75) is 45.1 Å². The number of hydrogen-bond acceptors (Lipinski definition) is 2. The van der Waals surface area contributed by atoms with Crippen LogP contribution in [0.2, 0.25) is 0 Å². The minimum atomic E-state index is 0.317. The minimum Gasteiger partial charge on any atom is -0.490 e. The Balaban J connectivity index is 1.77. The van der Waals surface area contributed by atoms with Gasteiger partial charge in [0.2, 0.25) is 0 Å². The minimum absolute atomic E-state index is 0.317. The smallest absolute Gasteiger partial charge is 0.122 e. The maximum Gasteiger partial charge on any atom is 0.122 e. The van der Waals surface area contributed by atoms with Crippen LogP contribution in [0.15, 0.2) is 36.4 Å². The molecule has 0 radical (unpaired) electrons. The van der Waals surface area contributed by atoms with Crippen molar-refractivity contribution in [3.63, 3.8) is 0 Å². The van der Waals surface area contributed by atoms with Gasteiger partial charge in [0, 0.05) is 0 Å². The molecule has 2 nitrogen and oxygen atoms in total. The summed E-state index contributed by atoms with van der Waals surface area (Å²) in [5.74, 6) is 0.996. The van der Waals surface area contributed by atoms with Crippen LogP contribution in [0.3, 0.4) is 0 Å². The van der Waals surface area contributed by atoms with Gasteiger partial charge >= 0.3 is 0 Å². The molecule has 1 aliphatic rings. The molecule has 1 aliphatic heterocycles. The number of allylic oxidation sites excluding steroid dienone is 2. The third kappa shape index (κ3) is 5.48. The van der Waals surface area contributed by atoms with E-state index in [1.54, 1.807) is 0 Å². The molecule has 0 N–H and O–H groups in total. The summed E-state index contributed by atoms with van der Waals surface area (Å²) < 4.78 is 11.0. The van der Waals surface area contributed by atoms with E-state index >= 15 is 0 Å². The molecule has 0 saturated carbocycles. The van der Waals surface area contributed by atoms with Gasteiger partial charge in [-0.15, -0.1) is 0 Å². The van der Waals surface area contributed by atoms with Crippen LogP contribution in [-0.2, 0) is 11.2 Å². The number of unbranched alkanes of at least 4 members (excludes halogenated alkanes) is 3. The number of hydrogen-bond donors (Lipinski definition) is 0. The molecule has 1 unspecified atom stereocenters. The Labute approximate surface area is 116 Å². The van der Waals surface area contributed by atoms with Crippen molar-refractivity contribution in [3.8, 4) is 5.75 Å². The highest BCUT2D eigenvalue weighted by Gasteiger charge is 2.23. The molecule has 0 aliphatic carbocycles. The fourth-order valence-corrected chi connectivity index (χ4v) is 2.00. The second-order valence-corrected chi connectivity index (χ2v) is 5.05. The number of rotatable bonds is 9. The fourth-order valence-electron chi connectivity index (χ4n) is 2.00. The molecule has 0 aromatic heterocycles. The summed E-state index contributed by atoms with van der Waals surface area (Å²) in [7, 11) is 0. The molecular formula is C17H24O2. The summed E-state index contributed by atoms with van der Waals surface area (Å²) in [6.45, 7) is 3.76. The monoisotopic (exact) mass is 260 g/mol. The lowest BCUT2D eigenvalue weighted by molar-refractivity contribution is 0.261. The Morgan fingerprint density at radius 2 is 2.11 bits per heavy atom. The zero-order chi connectivity index (χ0) is 13.3. The standard InChI is InChI=1S/C17H24O2/c1-2-3-4-5-6-7-10-15-11-8-9-12-17(15)19-14-16-13-18-16/h6-9,11-12,16H,2-5,10,13-14H2,1H3/b7-6+. The third-order valence-corrected chi connectivity index (χ3v) is 3.28. The first kappa shape index (κ1) is 14.1. The zero-order valence-corrected chi connectivity index (χ0v) is 11.8. The van der Waals surface area contributed by atoms with Crippen molar-refractivity contribution in [1.82, 2.24) is 0 Å². The molecule has 0 bridgehead atoms. The highest BCUT2D eigenvalue weighted by atomic mass is 16.6. The molecule has 1 saturated heterocycles. The molecule has 0 amide bonds. The lowest BCUT2D eigenvalue weighted by atomic mass is 10.1. The summed E-state index contributed by atoms with van der Waals surface area (Å²) >= 11 is 0. The van der Waals surface area contributed by atoms with Gasteiger partial charge in [-0.05, 0) is 30.9 Å². The lowest BCUT2D eigenvalue weighted by Crippen LogP contribution is -2.05. The first-order valence-electron chi connectivity index (χ1n) is 7.37. The third-order valence-electron chi connectivity index (χ3n) is 3.28. The van der Waals surface area contributed by atoms with Crippen molar-refractivity contribution < 1.29 is 9.47 Å². The van der Waals surface area contributed by atoms with Crippen LogP contribution in [-0.4, -0.2) is 19.3 Å². The largest absolute Gasteiger partial charge is 0.490 e. The van der Waals surface area contributed by atoms with Gasteiger partial charge in [-0.25, -0.2) is 0 Å². The molecule has 0 spiro atoms. The first-order chi connectivity index (χ1) is 9.40. The van der Waals surface area contributed by atoms with Gasteiger partial charge < -0.3 is 9.47 Å². The van der Waals surface area contributed by atoms with Gasteiger partial charge in [0.15, 0.2) is 0 Å². The molecule has 19 heavy (non-hydrogen) atoms. The zero-order valence-electron chi connectivity index (χ0n) is 11.8. The van der Waals surface area contributed by atoms with E-state index in [1.807, 2.05) is 12.1 Å². The van der Waals surface area contributed by atoms with Crippen LogP contribution in [0.5, 0.6) is 5.75 Å². The Morgan fingerprint density at radius 1 is 1.26 bits per heavy atom. The molecule has 1 heterocycles. The number of para-hydroxylation sites is 1. The highest BCUT2D eigenvalue weighted by molar-refractivity contribution is 5.34. The predicted octanol–water partition coefficient (Wildman–Crippen LogP) is 4.14. The Bertz CT molecular complexity index is 394. The van der Waals surface area contributed by atoms with E-state index in [9.17, 15) is 0 Å². The molecule has 1 fully saturated rings. The van der Waals surface area contributed by atoms with E-state index < -0.39 is 0 Å². The highest BCUT2D eigenvalue weighted by Crippen LogP contribution is 2.21. The summed E-state index contributed by atoms with van der Waals surface area (Å²) in [6, 6.07) is 8.28. The molecule has 2 heteroatoms. The van der Waals surface area contributed by atoms with Crippen molar-refractivity contribution in [2.24, 2.45) is 0 Å². The normalized spacial score (nSPS) is 17.8. The van der Waals surface area contributed by atoms with Crippen LogP contribution in [0.1, 0.15) is 38.2 Å². The average molecular weight is 260 g/mol. The number of epoxide rings is 1. The summed E-state index contributed by atoms with van der Waals surface area (Å²) in [5, 5.41) is 0. The van der Waals surface area contributed by atoms with Crippen LogP contribution in [0.4, 0.5) is 0 Å². The second kappa shape index (κ2) is 8.00. The van der Waals surface area contributed by atoms with Crippen molar-refractivity contribution >= 4 is 0 Å². The summed E-state index contributed by atoms with van der Waals surface area (Å²) in [6.07, 6.45) is 10.9. The predicted molar refractivity (Wildman–Crippen MR) is 78.7 cm³/mol. The maximum absolute atomic E-state index is 5.80. The lowest BCUT2D eigenvalue weighted by Gasteiger charge is -2.08. The van der Waals surface area contributed by atoms with Crippen molar-refractivity contribution in [1.29, 1.82) is 0 Å². The van der Waals surface area contributed by atoms with E-state index in [-0.39, 0.29) is 0 Å². The second-order valence-electron chi connectivity index (χ2n) is 5.05. The van der Waals surface area contributed by atoms with E-state index in [4.69, 9.17) is 9.47 Å². The van der Waals surface area contributed by atoms with Crippen molar-refractivity contribution in [3.05, 3.63) is 42.0 Å². The quantitative estimate of drug-likeness (QED) is 0.378.